The number of nitrogens with zero attached hydrogens (tertiary/aromatic N) is 1. The number of rotatable bonds is 5. The number of allylic oxidation sites excluding steroid dienone is 4. The highest BCUT2D eigenvalue weighted by molar-refractivity contribution is 5.75. The zero-order valence-corrected chi connectivity index (χ0v) is 21.6. The van der Waals surface area contributed by atoms with E-state index in [1.807, 2.05) is 26.8 Å². The van der Waals surface area contributed by atoms with Crippen molar-refractivity contribution in [2.24, 2.45) is 11.8 Å². The van der Waals surface area contributed by atoms with E-state index in [9.17, 15) is 13.2 Å². The van der Waals surface area contributed by atoms with Gasteiger partial charge in [-0.2, -0.15) is 13.2 Å². The SMILES string of the molecule is C=C(/C=C1/CC2CC2/C1=C/C)OCc1cc2c(cc1F)C(C)(C)CN2c1ccccc1C(F)(F)F.O=CO. The molecule has 2 aromatic rings. The Morgan fingerprint density at radius 3 is 2.58 bits per heavy atom. The molecule has 8 heteroatoms. The van der Waals surface area contributed by atoms with Crippen LogP contribution in [0.5, 0.6) is 0 Å². The first-order valence-electron chi connectivity index (χ1n) is 12.4. The van der Waals surface area contributed by atoms with Crippen molar-refractivity contribution in [3.05, 3.63) is 94.5 Å². The van der Waals surface area contributed by atoms with Crippen molar-refractivity contribution in [3.63, 3.8) is 0 Å². The van der Waals surface area contributed by atoms with E-state index in [0.717, 1.165) is 18.4 Å². The van der Waals surface area contributed by atoms with Gasteiger partial charge >= 0.3 is 6.18 Å². The van der Waals surface area contributed by atoms with Crippen LogP contribution in [0.15, 0.2) is 72.0 Å². The minimum Gasteiger partial charge on any atom is -0.489 e. The lowest BCUT2D eigenvalue weighted by Crippen LogP contribution is -2.26. The maximum Gasteiger partial charge on any atom is 0.418 e. The molecule has 4 nitrogen and oxygen atoms in total. The average Bonchev–Trinajstić information content (AvgIpc) is 3.44. The number of fused-ring (bicyclic) bond motifs is 2. The van der Waals surface area contributed by atoms with E-state index in [4.69, 9.17) is 14.6 Å². The summed E-state index contributed by atoms with van der Waals surface area (Å²) < 4.78 is 62.1. The summed E-state index contributed by atoms with van der Waals surface area (Å²) in [5.74, 6) is 1.41. The highest BCUT2D eigenvalue weighted by Gasteiger charge is 2.46. The van der Waals surface area contributed by atoms with E-state index < -0.39 is 23.0 Å². The third-order valence-corrected chi connectivity index (χ3v) is 7.47. The van der Waals surface area contributed by atoms with Gasteiger partial charge in [0.25, 0.3) is 6.47 Å². The van der Waals surface area contributed by atoms with E-state index in [1.165, 1.54) is 35.8 Å². The average molecular weight is 530 g/mol. The molecule has 5 rings (SSSR count). The highest BCUT2D eigenvalue weighted by atomic mass is 19.4. The molecule has 2 fully saturated rings. The number of para-hydroxylation sites is 1. The van der Waals surface area contributed by atoms with Gasteiger partial charge in [0.05, 0.1) is 11.3 Å². The molecule has 2 aromatic carbocycles. The molecule has 3 aliphatic rings. The van der Waals surface area contributed by atoms with Gasteiger partial charge < -0.3 is 14.7 Å². The lowest BCUT2D eigenvalue weighted by Gasteiger charge is -2.25. The molecule has 0 radical (unpaired) electrons. The molecule has 0 bridgehead atoms. The Labute approximate surface area is 219 Å². The molecule has 0 spiro atoms. The summed E-state index contributed by atoms with van der Waals surface area (Å²) in [4.78, 5) is 10.0. The summed E-state index contributed by atoms with van der Waals surface area (Å²) in [5, 5.41) is 6.89. The molecule has 0 amide bonds. The van der Waals surface area contributed by atoms with Gasteiger partial charge in [-0.05, 0) is 78.7 Å². The van der Waals surface area contributed by atoms with Crippen molar-refractivity contribution in [3.8, 4) is 0 Å². The van der Waals surface area contributed by atoms with Crippen LogP contribution >= 0.6 is 0 Å². The number of ether oxygens (including phenoxy) is 1. The quantitative estimate of drug-likeness (QED) is 0.243. The molecule has 2 saturated carbocycles. The molecular formula is C30H31F4NO3. The fraction of sp³-hybridized carbons (Fsp3) is 0.367. The Morgan fingerprint density at radius 2 is 1.92 bits per heavy atom. The number of benzene rings is 2. The lowest BCUT2D eigenvalue weighted by atomic mass is 9.86. The number of halogens is 4. The molecule has 1 N–H and O–H groups in total. The zero-order valence-electron chi connectivity index (χ0n) is 21.6. The first-order chi connectivity index (χ1) is 17.9. The molecule has 2 unspecified atom stereocenters. The van der Waals surface area contributed by atoms with Gasteiger partial charge in [-0.25, -0.2) is 4.39 Å². The van der Waals surface area contributed by atoms with Crippen LogP contribution in [-0.4, -0.2) is 18.1 Å². The summed E-state index contributed by atoms with van der Waals surface area (Å²) in [6.45, 7) is 9.87. The minimum atomic E-state index is -4.49. The van der Waals surface area contributed by atoms with Crippen LogP contribution in [0.1, 0.15) is 50.3 Å². The van der Waals surface area contributed by atoms with Crippen molar-refractivity contribution in [1.82, 2.24) is 0 Å². The van der Waals surface area contributed by atoms with Crippen LogP contribution in [0.2, 0.25) is 0 Å². The summed E-state index contributed by atoms with van der Waals surface area (Å²) in [6, 6.07) is 8.57. The van der Waals surface area contributed by atoms with Gasteiger partial charge in [-0.3, -0.25) is 4.79 Å². The predicted molar refractivity (Wildman–Crippen MR) is 139 cm³/mol. The normalized spacial score (nSPS) is 23.0. The van der Waals surface area contributed by atoms with Crippen molar-refractivity contribution in [2.75, 3.05) is 11.4 Å². The van der Waals surface area contributed by atoms with Crippen molar-refractivity contribution in [1.29, 1.82) is 0 Å². The van der Waals surface area contributed by atoms with E-state index >= 15 is 4.39 Å². The van der Waals surface area contributed by atoms with Gasteiger partial charge in [0, 0.05) is 23.2 Å². The topological polar surface area (TPSA) is 49.8 Å². The van der Waals surface area contributed by atoms with Crippen LogP contribution in [-0.2, 0) is 27.7 Å². The van der Waals surface area contributed by atoms with Gasteiger partial charge in [0.15, 0.2) is 0 Å². The minimum absolute atomic E-state index is 0.0467. The number of hydrogen-bond acceptors (Lipinski definition) is 3. The zero-order chi connectivity index (χ0) is 27.8. The first-order valence-corrected chi connectivity index (χ1v) is 12.4. The van der Waals surface area contributed by atoms with Crippen LogP contribution in [0.3, 0.4) is 0 Å². The fourth-order valence-electron chi connectivity index (χ4n) is 5.65. The van der Waals surface area contributed by atoms with E-state index in [0.29, 0.717) is 29.5 Å². The Bertz CT molecular complexity index is 1310. The van der Waals surface area contributed by atoms with Gasteiger partial charge in [0.2, 0.25) is 0 Å². The van der Waals surface area contributed by atoms with Crippen LogP contribution in [0.25, 0.3) is 0 Å². The second kappa shape index (κ2) is 10.3. The number of anilines is 2. The van der Waals surface area contributed by atoms with E-state index in [1.54, 1.807) is 17.0 Å². The molecule has 0 saturated heterocycles. The third kappa shape index (κ3) is 5.35. The first kappa shape index (κ1) is 27.5. The number of carbonyl (C=O) groups is 1. The predicted octanol–water partition coefficient (Wildman–Crippen LogP) is 7.92. The maximum atomic E-state index is 15.1. The van der Waals surface area contributed by atoms with E-state index in [2.05, 4.69) is 12.7 Å². The maximum absolute atomic E-state index is 15.1. The molecule has 2 aliphatic carbocycles. The second-order valence-corrected chi connectivity index (χ2v) is 10.5. The second-order valence-electron chi connectivity index (χ2n) is 10.5. The molecule has 2 atom stereocenters. The van der Waals surface area contributed by atoms with Gasteiger partial charge in [0.1, 0.15) is 18.2 Å². The van der Waals surface area contributed by atoms with Crippen LogP contribution in [0, 0.1) is 17.7 Å². The summed E-state index contributed by atoms with van der Waals surface area (Å²) >= 11 is 0. The van der Waals surface area contributed by atoms with Gasteiger partial charge in [-0.15, -0.1) is 0 Å². The van der Waals surface area contributed by atoms with Crippen LogP contribution < -0.4 is 4.90 Å². The van der Waals surface area contributed by atoms with Crippen molar-refractivity contribution in [2.45, 2.75) is 51.8 Å². The number of alkyl halides is 3. The molecule has 0 aromatic heterocycles. The largest absolute Gasteiger partial charge is 0.489 e. The standard InChI is InChI=1S/C29H29F4NO.CH2O2/c1-5-21-18(11-19-12-22(19)21)10-17(2)35-15-20-13-27-24(14-25(20)30)28(3,4)16-34(27)26-9-7-6-8-23(26)29(31,32)33;2-1-3/h5-10,13-14,19,22H,2,11-12,15-16H2,1,3-4H3;1H,(H,2,3)/b18-10-,21-5+;. The van der Waals surface area contributed by atoms with Crippen molar-refractivity contribution < 1.29 is 32.2 Å². The number of carboxylic acid groups (broad SMARTS) is 1. The summed E-state index contributed by atoms with van der Waals surface area (Å²) in [5.41, 5.74) is 2.96. The highest BCUT2D eigenvalue weighted by Crippen LogP contribution is 2.57. The lowest BCUT2D eigenvalue weighted by molar-refractivity contribution is -0.137. The summed E-state index contributed by atoms with van der Waals surface area (Å²) in [7, 11) is 0. The smallest absolute Gasteiger partial charge is 0.418 e. The Hall–Kier alpha value is -3.55. The monoisotopic (exact) mass is 529 g/mol. The Morgan fingerprint density at radius 1 is 1.24 bits per heavy atom. The Balaban J connectivity index is 0.00000107. The summed E-state index contributed by atoms with van der Waals surface area (Å²) in [6.07, 6.45) is 1.85. The molecular weight excluding hydrogens is 498 g/mol. The van der Waals surface area contributed by atoms with Crippen LogP contribution in [0.4, 0.5) is 28.9 Å². The third-order valence-electron chi connectivity index (χ3n) is 7.47. The molecule has 202 valence electrons. The number of hydrogen-bond donors (Lipinski definition) is 1. The fourth-order valence-corrected chi connectivity index (χ4v) is 5.65. The van der Waals surface area contributed by atoms with Gasteiger partial charge in [-0.1, -0.05) is 38.6 Å². The van der Waals surface area contributed by atoms with E-state index in [-0.39, 0.29) is 24.3 Å². The van der Waals surface area contributed by atoms with Crippen molar-refractivity contribution >= 4 is 17.8 Å². The molecule has 38 heavy (non-hydrogen) atoms. The Kier molecular flexibility index (Phi) is 7.46. The molecule has 1 heterocycles. The molecule has 1 aliphatic heterocycles.